The first-order chi connectivity index (χ1) is 21.5. The minimum atomic E-state index is -0.908. The summed E-state index contributed by atoms with van der Waals surface area (Å²) in [5, 5.41) is 10.1. The van der Waals surface area contributed by atoms with Crippen molar-refractivity contribution in [1.29, 1.82) is 0 Å². The zero-order valence-corrected chi connectivity index (χ0v) is 25.2. The molecule has 0 bridgehead atoms. The van der Waals surface area contributed by atoms with Crippen molar-refractivity contribution in [3.8, 4) is 0 Å². The van der Waals surface area contributed by atoms with Gasteiger partial charge in [0.15, 0.2) is 0 Å². The Morgan fingerprint density at radius 3 is 2.30 bits per heavy atom. The topological polar surface area (TPSA) is 81.6 Å². The number of para-hydroxylation sites is 3. The second-order valence-electron chi connectivity index (χ2n) is 11.8. The first kappa shape index (κ1) is 29.3. The molecule has 226 valence electrons. The van der Waals surface area contributed by atoms with Crippen LogP contribution in [0, 0.1) is 5.92 Å². The van der Waals surface area contributed by atoms with E-state index in [-0.39, 0.29) is 23.7 Å². The zero-order valence-electron chi connectivity index (χ0n) is 25.2. The number of nitrogens with one attached hydrogen (secondary N) is 1. The molecule has 5 aromatic rings. The molecular weight excluding hydrogens is 548 g/mol. The van der Waals surface area contributed by atoms with E-state index in [4.69, 9.17) is 0 Å². The number of fused-ring (bicyclic) bond motifs is 1. The van der Waals surface area contributed by atoms with Gasteiger partial charge in [-0.05, 0) is 54.2 Å². The molecule has 1 aliphatic rings. The van der Waals surface area contributed by atoms with Crippen molar-refractivity contribution in [3.05, 3.63) is 136 Å². The van der Waals surface area contributed by atoms with E-state index >= 15 is 0 Å². The van der Waals surface area contributed by atoms with Crippen LogP contribution in [0.25, 0.3) is 11.0 Å². The lowest BCUT2D eigenvalue weighted by Gasteiger charge is -2.47. The average molecular weight is 589 g/mol. The molecule has 3 unspecified atom stereocenters. The van der Waals surface area contributed by atoms with Crippen molar-refractivity contribution in [2.75, 3.05) is 18.0 Å². The van der Waals surface area contributed by atoms with Gasteiger partial charge in [0.25, 0.3) is 0 Å². The predicted molar refractivity (Wildman–Crippen MR) is 176 cm³/mol. The van der Waals surface area contributed by atoms with Crippen molar-refractivity contribution < 1.29 is 9.90 Å². The number of carbonyl (C=O) groups is 1. The number of aromatic nitrogens is 2. The number of anilines is 1. The Morgan fingerprint density at radius 1 is 0.909 bits per heavy atom. The van der Waals surface area contributed by atoms with Crippen LogP contribution in [0.2, 0.25) is 0 Å². The van der Waals surface area contributed by atoms with Crippen LogP contribution in [0.15, 0.2) is 114 Å². The van der Waals surface area contributed by atoms with Crippen molar-refractivity contribution in [2.45, 2.75) is 51.2 Å². The largest absolute Gasteiger partial charge is 0.465 e. The van der Waals surface area contributed by atoms with E-state index in [0.717, 1.165) is 36.0 Å². The summed E-state index contributed by atoms with van der Waals surface area (Å²) in [5.41, 5.74) is 6.33. The summed E-state index contributed by atoms with van der Waals surface area (Å²) in [6, 6.07) is 37.2. The Balaban J connectivity index is 1.49. The minimum absolute atomic E-state index is 0.0233. The summed E-state index contributed by atoms with van der Waals surface area (Å²) in [6.07, 6.45) is 2.24. The van der Waals surface area contributed by atoms with E-state index in [1.54, 1.807) is 4.90 Å². The number of imidazole rings is 1. The summed E-state index contributed by atoms with van der Waals surface area (Å²) in [5.74, 6) is -0.120. The molecule has 2 heterocycles. The molecule has 1 aromatic heterocycles. The van der Waals surface area contributed by atoms with Gasteiger partial charge >= 0.3 is 11.8 Å². The Hall–Kier alpha value is -4.78. The van der Waals surface area contributed by atoms with Crippen LogP contribution in [-0.4, -0.2) is 44.8 Å². The highest BCUT2D eigenvalue weighted by Crippen LogP contribution is 2.39. The number of benzene rings is 4. The quantitative estimate of drug-likeness (QED) is 0.179. The highest BCUT2D eigenvalue weighted by molar-refractivity contribution is 5.75. The van der Waals surface area contributed by atoms with E-state index in [2.05, 4.69) is 89.6 Å². The van der Waals surface area contributed by atoms with Gasteiger partial charge in [-0.3, -0.25) is 4.57 Å². The maximum absolute atomic E-state index is 13.5. The molecule has 0 aliphatic carbocycles. The third kappa shape index (κ3) is 6.13. The predicted octanol–water partition coefficient (Wildman–Crippen LogP) is 7.34. The van der Waals surface area contributed by atoms with E-state index in [9.17, 15) is 14.7 Å². The third-order valence-electron chi connectivity index (χ3n) is 9.06. The van der Waals surface area contributed by atoms with Gasteiger partial charge in [-0.2, -0.15) is 0 Å². The summed E-state index contributed by atoms with van der Waals surface area (Å²) in [7, 11) is 0. The van der Waals surface area contributed by atoms with Crippen molar-refractivity contribution >= 4 is 22.8 Å². The lowest BCUT2D eigenvalue weighted by Crippen LogP contribution is -2.54. The van der Waals surface area contributed by atoms with Crippen molar-refractivity contribution in [1.82, 2.24) is 14.5 Å². The molecule has 44 heavy (non-hydrogen) atoms. The zero-order chi connectivity index (χ0) is 30.5. The smallest absolute Gasteiger partial charge is 0.407 e. The Morgan fingerprint density at radius 2 is 1.57 bits per heavy atom. The van der Waals surface area contributed by atoms with Gasteiger partial charge in [0.05, 0.1) is 11.0 Å². The molecule has 4 aromatic carbocycles. The van der Waals surface area contributed by atoms with Gasteiger partial charge in [0, 0.05) is 43.3 Å². The standard InChI is InChI=1S/C37H40N4O3/c1-2-13-33(30-26-39(37(43)44)23-22-34(30)41-35-21-12-10-19-31(35)38-36(41)42)40(25-28-16-7-4-8-17-28)32-20-11-9-18-29(32)24-27-14-5-3-6-15-27/h3-12,14-21,30,33-34H,2,13,22-26H2,1H3,(H,38,42)(H,43,44). The number of aromatic amines is 1. The molecule has 0 spiro atoms. The van der Waals surface area contributed by atoms with E-state index in [0.29, 0.717) is 26.1 Å². The molecule has 7 heteroatoms. The molecule has 6 rings (SSSR count). The van der Waals surface area contributed by atoms with Crippen LogP contribution in [0.3, 0.4) is 0 Å². The number of carboxylic acid groups (broad SMARTS) is 1. The van der Waals surface area contributed by atoms with Crippen LogP contribution in [-0.2, 0) is 13.0 Å². The second-order valence-corrected chi connectivity index (χ2v) is 11.8. The Kier molecular flexibility index (Phi) is 8.82. The van der Waals surface area contributed by atoms with Crippen molar-refractivity contribution in [3.63, 3.8) is 0 Å². The van der Waals surface area contributed by atoms with Gasteiger partial charge in [0.1, 0.15) is 0 Å². The number of piperidine rings is 1. The highest BCUT2D eigenvalue weighted by atomic mass is 16.4. The van der Waals surface area contributed by atoms with Crippen LogP contribution in [0.4, 0.5) is 10.5 Å². The molecule has 3 atom stereocenters. The lowest BCUT2D eigenvalue weighted by molar-refractivity contribution is 0.0864. The first-order valence-electron chi connectivity index (χ1n) is 15.6. The monoisotopic (exact) mass is 588 g/mol. The molecule has 0 radical (unpaired) electrons. The van der Waals surface area contributed by atoms with Gasteiger partial charge in [-0.25, -0.2) is 9.59 Å². The normalized spacial score (nSPS) is 17.4. The van der Waals surface area contributed by atoms with Gasteiger partial charge in [-0.1, -0.05) is 104 Å². The fraction of sp³-hybridized carbons (Fsp3) is 0.297. The SMILES string of the molecule is CCCC(C1CN(C(=O)O)CCC1n1c(=O)[nH]c2ccccc21)N(Cc1ccccc1)c1ccccc1Cc1ccccc1. The van der Waals surface area contributed by atoms with E-state index in [1.807, 2.05) is 41.0 Å². The van der Waals surface area contributed by atoms with Crippen LogP contribution in [0.1, 0.15) is 48.9 Å². The molecule has 2 N–H and O–H groups in total. The molecule has 1 saturated heterocycles. The number of likely N-dealkylation sites (tertiary alicyclic amines) is 1. The molecule has 0 saturated carbocycles. The minimum Gasteiger partial charge on any atom is -0.465 e. The number of hydrogen-bond donors (Lipinski definition) is 2. The van der Waals surface area contributed by atoms with Crippen LogP contribution >= 0.6 is 0 Å². The molecular formula is C37H40N4O3. The maximum atomic E-state index is 13.5. The first-order valence-corrected chi connectivity index (χ1v) is 15.6. The maximum Gasteiger partial charge on any atom is 0.407 e. The molecule has 1 fully saturated rings. The number of rotatable bonds is 10. The number of amides is 1. The van der Waals surface area contributed by atoms with Gasteiger partial charge < -0.3 is 19.9 Å². The van der Waals surface area contributed by atoms with E-state index < -0.39 is 6.09 Å². The Labute approximate surface area is 258 Å². The van der Waals surface area contributed by atoms with Crippen LogP contribution < -0.4 is 10.6 Å². The fourth-order valence-corrected chi connectivity index (χ4v) is 7.06. The van der Waals surface area contributed by atoms with Gasteiger partial charge in [0.2, 0.25) is 0 Å². The van der Waals surface area contributed by atoms with Crippen LogP contribution in [0.5, 0.6) is 0 Å². The summed E-state index contributed by atoms with van der Waals surface area (Å²) < 4.78 is 1.90. The van der Waals surface area contributed by atoms with Gasteiger partial charge in [-0.15, -0.1) is 0 Å². The Bertz CT molecular complexity index is 1750. The lowest BCUT2D eigenvalue weighted by atomic mass is 9.82. The summed E-state index contributed by atoms with van der Waals surface area (Å²) in [4.78, 5) is 33.0. The molecule has 1 amide bonds. The molecule has 1 aliphatic heterocycles. The van der Waals surface area contributed by atoms with Crippen molar-refractivity contribution in [2.24, 2.45) is 5.92 Å². The van der Waals surface area contributed by atoms with E-state index in [1.165, 1.54) is 16.7 Å². The number of hydrogen-bond acceptors (Lipinski definition) is 3. The fourth-order valence-electron chi connectivity index (χ4n) is 7.06. The number of H-pyrrole nitrogens is 1. The average Bonchev–Trinajstić information content (AvgIpc) is 3.39. The summed E-state index contributed by atoms with van der Waals surface area (Å²) in [6.45, 7) is 3.62. The highest BCUT2D eigenvalue weighted by Gasteiger charge is 2.41. The number of nitrogens with zero attached hydrogens (tertiary/aromatic N) is 3. The molecule has 7 nitrogen and oxygen atoms in total. The summed E-state index contributed by atoms with van der Waals surface area (Å²) >= 11 is 0. The second kappa shape index (κ2) is 13.2. The third-order valence-corrected chi connectivity index (χ3v) is 9.06.